The minimum Gasteiger partial charge on any atom is -0.497 e. The standard InChI is InChI=1S/C16H13NO5S/c1-22-13-4-2-3-11(9-13)10-15(16(18)19)23-14-7-5-12(6-8-14)17(20)21/h2-10H,1H3,(H,18,19)/b15-10+. The van der Waals surface area contributed by atoms with Crippen LogP contribution in [0.15, 0.2) is 58.3 Å². The van der Waals surface area contributed by atoms with Gasteiger partial charge in [0.2, 0.25) is 0 Å². The number of methoxy groups -OCH3 is 1. The second-order valence-corrected chi connectivity index (χ2v) is 5.56. The minimum atomic E-state index is -1.07. The molecule has 0 aliphatic rings. The molecule has 118 valence electrons. The Labute approximate surface area is 136 Å². The predicted molar refractivity (Wildman–Crippen MR) is 87.6 cm³/mol. The Kier molecular flexibility index (Phi) is 5.37. The van der Waals surface area contributed by atoms with Crippen LogP contribution in [0.25, 0.3) is 6.08 Å². The number of hydrogen-bond acceptors (Lipinski definition) is 5. The van der Waals surface area contributed by atoms with E-state index in [1.165, 1.54) is 37.5 Å². The molecule has 0 aliphatic carbocycles. The fourth-order valence-corrected chi connectivity index (χ4v) is 2.59. The van der Waals surface area contributed by atoms with Crippen LogP contribution in [0.4, 0.5) is 5.69 Å². The normalized spacial score (nSPS) is 11.1. The molecule has 0 aromatic heterocycles. The topological polar surface area (TPSA) is 89.7 Å². The Morgan fingerprint density at radius 3 is 2.52 bits per heavy atom. The first-order valence-corrected chi connectivity index (χ1v) is 7.32. The van der Waals surface area contributed by atoms with Crippen LogP contribution in [0.2, 0.25) is 0 Å². The van der Waals surface area contributed by atoms with Crippen LogP contribution in [0, 0.1) is 10.1 Å². The third-order valence-corrected chi connectivity index (χ3v) is 3.90. The molecule has 0 unspecified atom stereocenters. The number of hydrogen-bond donors (Lipinski definition) is 1. The second-order valence-electron chi connectivity index (χ2n) is 4.44. The first-order chi connectivity index (χ1) is 11.0. The lowest BCUT2D eigenvalue weighted by molar-refractivity contribution is -0.384. The molecule has 2 rings (SSSR count). The van der Waals surface area contributed by atoms with Crippen molar-refractivity contribution < 1.29 is 19.6 Å². The molecular weight excluding hydrogens is 318 g/mol. The summed E-state index contributed by atoms with van der Waals surface area (Å²) in [6, 6.07) is 12.7. The summed E-state index contributed by atoms with van der Waals surface area (Å²) in [4.78, 5) is 22.2. The van der Waals surface area contributed by atoms with Gasteiger partial charge in [0.1, 0.15) is 5.75 Å². The largest absolute Gasteiger partial charge is 0.497 e. The van der Waals surface area contributed by atoms with Crippen molar-refractivity contribution in [2.45, 2.75) is 4.90 Å². The maximum absolute atomic E-state index is 11.4. The third-order valence-electron chi connectivity index (χ3n) is 2.88. The number of carboxylic acid groups (broad SMARTS) is 1. The third kappa shape index (κ3) is 4.58. The fourth-order valence-electron chi connectivity index (χ4n) is 1.78. The molecule has 0 saturated heterocycles. The van der Waals surface area contributed by atoms with Gasteiger partial charge in [-0.05, 0) is 35.9 Å². The number of ether oxygens (including phenoxy) is 1. The summed E-state index contributed by atoms with van der Waals surface area (Å²) in [6.07, 6.45) is 1.52. The number of non-ortho nitro benzene ring substituents is 1. The zero-order valence-electron chi connectivity index (χ0n) is 12.1. The Hall–Kier alpha value is -2.80. The van der Waals surface area contributed by atoms with Gasteiger partial charge in [-0.2, -0.15) is 0 Å². The highest BCUT2D eigenvalue weighted by Crippen LogP contribution is 2.30. The molecular formula is C16H13NO5S. The Bertz CT molecular complexity index is 755. The van der Waals surface area contributed by atoms with E-state index in [-0.39, 0.29) is 10.6 Å². The fraction of sp³-hybridized carbons (Fsp3) is 0.0625. The molecule has 0 heterocycles. The average Bonchev–Trinajstić information content (AvgIpc) is 2.54. The van der Waals surface area contributed by atoms with Crippen molar-refractivity contribution in [1.82, 2.24) is 0 Å². The molecule has 0 radical (unpaired) electrons. The van der Waals surface area contributed by atoms with Crippen LogP contribution in [0.5, 0.6) is 5.75 Å². The van der Waals surface area contributed by atoms with Gasteiger partial charge in [0.05, 0.1) is 16.9 Å². The van der Waals surface area contributed by atoms with Crippen LogP contribution in [-0.2, 0) is 4.79 Å². The summed E-state index contributed by atoms with van der Waals surface area (Å²) in [6.45, 7) is 0. The molecule has 1 N–H and O–H groups in total. The first kappa shape index (κ1) is 16.6. The summed E-state index contributed by atoms with van der Waals surface area (Å²) in [5, 5.41) is 20.0. The molecule has 0 spiro atoms. The van der Waals surface area contributed by atoms with E-state index in [1.807, 2.05) is 0 Å². The Balaban J connectivity index is 2.26. The van der Waals surface area contributed by atoms with Crippen LogP contribution in [0.3, 0.4) is 0 Å². The number of nitro groups is 1. The van der Waals surface area contributed by atoms with Crippen molar-refractivity contribution in [3.63, 3.8) is 0 Å². The Morgan fingerprint density at radius 2 is 1.96 bits per heavy atom. The molecule has 0 saturated carbocycles. The molecule has 6 nitrogen and oxygen atoms in total. The van der Waals surface area contributed by atoms with E-state index >= 15 is 0 Å². The number of nitrogens with zero attached hydrogens (tertiary/aromatic N) is 1. The van der Waals surface area contributed by atoms with E-state index in [9.17, 15) is 20.0 Å². The van der Waals surface area contributed by atoms with Gasteiger partial charge >= 0.3 is 5.97 Å². The summed E-state index contributed by atoms with van der Waals surface area (Å²) in [5.41, 5.74) is 0.652. The molecule has 2 aromatic carbocycles. The summed E-state index contributed by atoms with van der Waals surface area (Å²) >= 11 is 1.02. The van der Waals surface area contributed by atoms with Crippen LogP contribution in [0.1, 0.15) is 5.56 Å². The van der Waals surface area contributed by atoms with Gasteiger partial charge in [0.25, 0.3) is 5.69 Å². The van der Waals surface area contributed by atoms with Crippen LogP contribution in [-0.4, -0.2) is 23.1 Å². The number of aliphatic carboxylic acids is 1. The average molecular weight is 331 g/mol. The SMILES string of the molecule is COc1cccc(/C=C(/Sc2ccc([N+](=O)[O-])cc2)C(=O)O)c1. The molecule has 23 heavy (non-hydrogen) atoms. The van der Waals surface area contributed by atoms with Crippen molar-refractivity contribution in [2.75, 3.05) is 7.11 Å². The lowest BCUT2D eigenvalue weighted by atomic mass is 10.2. The molecule has 0 bridgehead atoms. The van der Waals surface area contributed by atoms with Gasteiger partial charge < -0.3 is 9.84 Å². The monoisotopic (exact) mass is 331 g/mol. The molecule has 7 heteroatoms. The van der Waals surface area contributed by atoms with Crippen LogP contribution < -0.4 is 4.74 Å². The van der Waals surface area contributed by atoms with E-state index < -0.39 is 10.9 Å². The minimum absolute atomic E-state index is 0.0389. The van der Waals surface area contributed by atoms with Gasteiger partial charge in [0.15, 0.2) is 0 Å². The second kappa shape index (κ2) is 7.46. The quantitative estimate of drug-likeness (QED) is 0.374. The molecule has 0 aliphatic heterocycles. The molecule has 2 aromatic rings. The predicted octanol–water partition coefficient (Wildman–Crippen LogP) is 3.82. The smallest absolute Gasteiger partial charge is 0.342 e. The van der Waals surface area contributed by atoms with Gasteiger partial charge in [-0.25, -0.2) is 4.79 Å². The number of nitro benzene ring substituents is 1. The van der Waals surface area contributed by atoms with Crippen molar-refractivity contribution in [3.8, 4) is 5.75 Å². The summed E-state index contributed by atoms with van der Waals surface area (Å²) in [5.74, 6) is -0.444. The number of carboxylic acids is 1. The van der Waals surface area contributed by atoms with Gasteiger partial charge in [-0.15, -0.1) is 0 Å². The highest BCUT2D eigenvalue weighted by Gasteiger charge is 2.11. The van der Waals surface area contributed by atoms with Crippen molar-refractivity contribution in [1.29, 1.82) is 0 Å². The van der Waals surface area contributed by atoms with Gasteiger partial charge in [-0.3, -0.25) is 10.1 Å². The maximum Gasteiger partial charge on any atom is 0.342 e. The van der Waals surface area contributed by atoms with E-state index in [2.05, 4.69) is 0 Å². The van der Waals surface area contributed by atoms with Crippen molar-refractivity contribution >= 4 is 29.5 Å². The lowest BCUT2D eigenvalue weighted by Gasteiger charge is -2.04. The van der Waals surface area contributed by atoms with Gasteiger partial charge in [-0.1, -0.05) is 23.9 Å². The highest BCUT2D eigenvalue weighted by atomic mass is 32.2. The Morgan fingerprint density at radius 1 is 1.26 bits per heavy atom. The lowest BCUT2D eigenvalue weighted by Crippen LogP contribution is -1.97. The number of carbonyl (C=O) groups is 1. The van der Waals surface area contributed by atoms with E-state index in [1.54, 1.807) is 24.3 Å². The van der Waals surface area contributed by atoms with E-state index in [4.69, 9.17) is 4.74 Å². The maximum atomic E-state index is 11.4. The van der Waals surface area contributed by atoms with E-state index in [0.29, 0.717) is 16.2 Å². The zero-order chi connectivity index (χ0) is 16.8. The number of rotatable bonds is 6. The summed E-state index contributed by atoms with van der Waals surface area (Å²) < 4.78 is 5.10. The number of benzene rings is 2. The van der Waals surface area contributed by atoms with Gasteiger partial charge in [0, 0.05) is 17.0 Å². The van der Waals surface area contributed by atoms with E-state index in [0.717, 1.165) is 11.8 Å². The van der Waals surface area contributed by atoms with Crippen LogP contribution >= 0.6 is 11.8 Å². The molecule has 0 atom stereocenters. The molecule has 0 amide bonds. The van der Waals surface area contributed by atoms with Crippen molar-refractivity contribution in [2.24, 2.45) is 0 Å². The highest BCUT2D eigenvalue weighted by molar-refractivity contribution is 8.04. The zero-order valence-corrected chi connectivity index (χ0v) is 12.9. The molecule has 0 fully saturated rings. The summed E-state index contributed by atoms with van der Waals surface area (Å²) in [7, 11) is 1.53. The van der Waals surface area contributed by atoms with Crippen molar-refractivity contribution in [3.05, 3.63) is 69.1 Å². The number of thioether (sulfide) groups is 1. The first-order valence-electron chi connectivity index (χ1n) is 6.51.